The third kappa shape index (κ3) is 3.70. The van der Waals surface area contributed by atoms with Crippen molar-refractivity contribution in [1.29, 1.82) is 0 Å². The molecule has 1 aromatic heterocycles. The van der Waals surface area contributed by atoms with Crippen molar-refractivity contribution >= 4 is 23.2 Å². The predicted octanol–water partition coefficient (Wildman–Crippen LogP) is 2.52. The molecule has 0 spiro atoms. The van der Waals surface area contributed by atoms with Crippen molar-refractivity contribution in [3.05, 3.63) is 16.3 Å². The van der Waals surface area contributed by atoms with Crippen molar-refractivity contribution in [3.8, 4) is 5.75 Å². The number of nitrogens with one attached hydrogen (secondary N) is 1. The third-order valence-electron chi connectivity index (χ3n) is 3.28. The second kappa shape index (κ2) is 6.56. The van der Waals surface area contributed by atoms with Crippen molar-refractivity contribution in [3.63, 3.8) is 0 Å². The number of ether oxygens (including phenoxy) is 1. The smallest absolute Gasteiger partial charge is 0.305 e. The summed E-state index contributed by atoms with van der Waals surface area (Å²) in [6.45, 7) is 3.75. The third-order valence-corrected chi connectivity index (χ3v) is 4.17. The van der Waals surface area contributed by atoms with E-state index in [4.69, 9.17) is 9.84 Å². The van der Waals surface area contributed by atoms with Crippen LogP contribution >= 0.6 is 11.3 Å². The molecule has 0 fully saturated rings. The molecule has 19 heavy (non-hydrogen) atoms. The Bertz CT molecular complexity index is 451. The van der Waals surface area contributed by atoms with Crippen LogP contribution in [-0.2, 0) is 4.79 Å². The average Bonchev–Trinajstić information content (AvgIpc) is 2.85. The van der Waals surface area contributed by atoms with Gasteiger partial charge < -0.3 is 15.2 Å². The Kier molecular flexibility index (Phi) is 5.35. The quantitative estimate of drug-likeness (QED) is 0.807. The Morgan fingerprint density at radius 3 is 2.53 bits per heavy atom. The summed E-state index contributed by atoms with van der Waals surface area (Å²) in [5.41, 5.74) is -0.710. The van der Waals surface area contributed by atoms with Gasteiger partial charge >= 0.3 is 5.97 Å². The fraction of sp³-hybridized carbons (Fsp3) is 0.538. The minimum absolute atomic E-state index is 0.0839. The molecular formula is C13H19NO4S. The molecule has 1 rings (SSSR count). The Morgan fingerprint density at radius 1 is 1.42 bits per heavy atom. The molecule has 6 heteroatoms. The first-order chi connectivity index (χ1) is 8.98. The minimum atomic E-state index is -0.915. The molecule has 0 unspecified atom stereocenters. The van der Waals surface area contributed by atoms with Crippen LogP contribution in [0.4, 0.5) is 0 Å². The molecule has 1 aromatic rings. The van der Waals surface area contributed by atoms with E-state index in [-0.39, 0.29) is 12.3 Å². The van der Waals surface area contributed by atoms with Gasteiger partial charge in [0.2, 0.25) is 0 Å². The van der Waals surface area contributed by atoms with Gasteiger partial charge in [0.25, 0.3) is 5.91 Å². The number of carbonyl (C=O) groups is 2. The molecule has 1 amide bonds. The van der Waals surface area contributed by atoms with Gasteiger partial charge in [0, 0.05) is 0 Å². The molecule has 0 aliphatic heterocycles. The second-order valence-corrected chi connectivity index (χ2v) is 5.25. The maximum absolute atomic E-state index is 12.2. The summed E-state index contributed by atoms with van der Waals surface area (Å²) in [4.78, 5) is 23.6. The lowest BCUT2D eigenvalue weighted by Gasteiger charge is -2.31. The van der Waals surface area contributed by atoms with E-state index in [0.717, 1.165) is 0 Å². The van der Waals surface area contributed by atoms with Crippen molar-refractivity contribution in [1.82, 2.24) is 5.32 Å². The largest absolute Gasteiger partial charge is 0.495 e. The lowest BCUT2D eigenvalue weighted by Crippen LogP contribution is -2.48. The van der Waals surface area contributed by atoms with E-state index in [1.54, 1.807) is 11.4 Å². The second-order valence-electron chi connectivity index (χ2n) is 4.33. The normalized spacial score (nSPS) is 11.1. The van der Waals surface area contributed by atoms with Gasteiger partial charge in [0.05, 0.1) is 19.1 Å². The van der Waals surface area contributed by atoms with Crippen LogP contribution in [0.25, 0.3) is 0 Å². The van der Waals surface area contributed by atoms with Gasteiger partial charge in [0.1, 0.15) is 10.6 Å². The first-order valence-electron chi connectivity index (χ1n) is 6.13. The van der Waals surface area contributed by atoms with Crippen LogP contribution in [0.15, 0.2) is 11.4 Å². The Morgan fingerprint density at radius 2 is 2.05 bits per heavy atom. The number of carboxylic acid groups (broad SMARTS) is 1. The standard InChI is InChI=1S/C13H19NO4S/c1-4-13(5-2,8-10(15)16)14-12(17)11-9(18-3)6-7-19-11/h6-7H,4-5,8H2,1-3H3,(H,14,17)(H,15,16). The number of rotatable bonds is 7. The molecule has 1 heterocycles. The summed E-state index contributed by atoms with van der Waals surface area (Å²) >= 11 is 1.28. The van der Waals surface area contributed by atoms with E-state index >= 15 is 0 Å². The van der Waals surface area contributed by atoms with Crippen molar-refractivity contribution in [2.24, 2.45) is 0 Å². The molecule has 0 aliphatic carbocycles. The number of hydrogen-bond donors (Lipinski definition) is 2. The predicted molar refractivity (Wildman–Crippen MR) is 73.9 cm³/mol. The first-order valence-corrected chi connectivity index (χ1v) is 7.01. The van der Waals surface area contributed by atoms with Crippen LogP contribution in [-0.4, -0.2) is 29.6 Å². The van der Waals surface area contributed by atoms with Crippen LogP contribution in [0.1, 0.15) is 42.8 Å². The highest BCUT2D eigenvalue weighted by Gasteiger charge is 2.32. The van der Waals surface area contributed by atoms with Crippen molar-refractivity contribution in [2.75, 3.05) is 7.11 Å². The molecule has 0 atom stereocenters. The van der Waals surface area contributed by atoms with Gasteiger partial charge in [0.15, 0.2) is 0 Å². The number of methoxy groups -OCH3 is 1. The SMILES string of the molecule is CCC(CC)(CC(=O)O)NC(=O)c1sccc1OC. The monoisotopic (exact) mass is 285 g/mol. The minimum Gasteiger partial charge on any atom is -0.495 e. The zero-order chi connectivity index (χ0) is 14.5. The lowest BCUT2D eigenvalue weighted by atomic mass is 9.89. The average molecular weight is 285 g/mol. The van der Waals surface area contributed by atoms with E-state index in [1.165, 1.54) is 18.4 Å². The van der Waals surface area contributed by atoms with E-state index in [2.05, 4.69) is 5.32 Å². The zero-order valence-corrected chi connectivity index (χ0v) is 12.2. The van der Waals surface area contributed by atoms with Gasteiger partial charge in [-0.1, -0.05) is 13.8 Å². The maximum Gasteiger partial charge on any atom is 0.305 e. The van der Waals surface area contributed by atoms with Gasteiger partial charge in [-0.25, -0.2) is 0 Å². The van der Waals surface area contributed by atoms with E-state index < -0.39 is 11.5 Å². The Labute approximate surface area is 116 Å². The van der Waals surface area contributed by atoms with E-state index in [0.29, 0.717) is 23.5 Å². The molecule has 0 saturated carbocycles. The summed E-state index contributed by atoms with van der Waals surface area (Å²) in [6, 6.07) is 1.72. The van der Waals surface area contributed by atoms with Crippen LogP contribution in [0.5, 0.6) is 5.75 Å². The number of carboxylic acids is 1. The molecule has 0 saturated heterocycles. The van der Waals surface area contributed by atoms with Crippen LogP contribution in [0.2, 0.25) is 0 Å². The van der Waals surface area contributed by atoms with E-state index in [1.807, 2.05) is 13.8 Å². The van der Waals surface area contributed by atoms with Crippen LogP contribution in [0.3, 0.4) is 0 Å². The Balaban J connectivity index is 2.91. The van der Waals surface area contributed by atoms with Gasteiger partial charge in [-0.3, -0.25) is 9.59 Å². The van der Waals surface area contributed by atoms with E-state index in [9.17, 15) is 9.59 Å². The summed E-state index contributed by atoms with van der Waals surface area (Å²) in [5, 5.41) is 13.6. The molecule has 0 radical (unpaired) electrons. The number of hydrogen-bond acceptors (Lipinski definition) is 4. The van der Waals surface area contributed by atoms with Crippen LogP contribution < -0.4 is 10.1 Å². The molecule has 106 valence electrons. The summed E-state index contributed by atoms with van der Waals surface area (Å²) < 4.78 is 5.10. The van der Waals surface area contributed by atoms with Crippen molar-refractivity contribution < 1.29 is 19.4 Å². The topological polar surface area (TPSA) is 75.6 Å². The van der Waals surface area contributed by atoms with Crippen molar-refractivity contribution in [2.45, 2.75) is 38.6 Å². The lowest BCUT2D eigenvalue weighted by molar-refractivity contribution is -0.138. The molecule has 5 nitrogen and oxygen atoms in total. The maximum atomic E-state index is 12.2. The van der Waals surface area contributed by atoms with Gasteiger partial charge in [-0.2, -0.15) is 0 Å². The molecule has 0 bridgehead atoms. The Hall–Kier alpha value is -1.56. The number of aliphatic carboxylic acids is 1. The fourth-order valence-corrected chi connectivity index (χ4v) is 2.69. The highest BCUT2D eigenvalue weighted by molar-refractivity contribution is 7.12. The molecule has 2 N–H and O–H groups in total. The highest BCUT2D eigenvalue weighted by atomic mass is 32.1. The fourth-order valence-electron chi connectivity index (χ4n) is 1.93. The summed E-state index contributed by atoms with van der Waals surface area (Å²) in [5.74, 6) is -0.683. The van der Waals surface area contributed by atoms with Gasteiger partial charge in [-0.05, 0) is 24.3 Å². The van der Waals surface area contributed by atoms with Crippen LogP contribution in [0, 0.1) is 0 Å². The number of thiophene rings is 1. The summed E-state index contributed by atoms with van der Waals surface area (Å²) in [6.07, 6.45) is 1.05. The molecular weight excluding hydrogens is 266 g/mol. The first kappa shape index (κ1) is 15.5. The zero-order valence-electron chi connectivity index (χ0n) is 11.4. The molecule has 0 aromatic carbocycles. The highest BCUT2D eigenvalue weighted by Crippen LogP contribution is 2.27. The van der Waals surface area contributed by atoms with Gasteiger partial charge in [-0.15, -0.1) is 11.3 Å². The summed E-state index contributed by atoms with van der Waals surface area (Å²) in [7, 11) is 1.50. The number of carbonyl (C=O) groups excluding carboxylic acids is 1. The molecule has 0 aliphatic rings. The number of amides is 1.